The minimum absolute atomic E-state index is 0.763. The first-order chi connectivity index (χ1) is 5.47. The van der Waals surface area contributed by atoms with Crippen LogP contribution in [0.4, 0.5) is 0 Å². The normalized spacial score (nSPS) is 24.7. The average molecular weight is 155 g/mol. The van der Waals surface area contributed by atoms with Gasteiger partial charge in [-0.3, -0.25) is 0 Å². The molecule has 0 radical (unpaired) electrons. The second-order valence-electron chi connectivity index (χ2n) is 2.75. The quantitative estimate of drug-likeness (QED) is 0.501. The number of hydrogen-bond acceptors (Lipinski definition) is 4. The lowest BCUT2D eigenvalue weighted by Crippen LogP contribution is -2.46. The smallest absolute Gasteiger partial charge is 0.287 e. The van der Waals surface area contributed by atoms with Gasteiger partial charge in [0.2, 0.25) is 0 Å². The first kappa shape index (κ1) is 6.91. The molecule has 1 saturated heterocycles. The number of amidine groups is 1. The Hall–Kier alpha value is -0.770. The summed E-state index contributed by atoms with van der Waals surface area (Å²) < 4.78 is 5.34. The van der Waals surface area contributed by atoms with E-state index in [9.17, 15) is 0 Å². The maximum absolute atomic E-state index is 5.34. The van der Waals surface area contributed by atoms with Crippen LogP contribution in [0.3, 0.4) is 0 Å². The van der Waals surface area contributed by atoms with Crippen LogP contribution in [0.25, 0.3) is 0 Å². The van der Waals surface area contributed by atoms with Crippen molar-refractivity contribution in [2.45, 2.75) is 0 Å². The molecule has 2 rings (SSSR count). The topological polar surface area (TPSA) is 36.9 Å². The van der Waals surface area contributed by atoms with E-state index in [1.54, 1.807) is 0 Å². The fraction of sp³-hybridized carbons (Fsp3) is 0.857. The first-order valence-electron chi connectivity index (χ1n) is 4.10. The number of piperazine rings is 1. The molecule has 0 saturated carbocycles. The number of nitrogens with zero attached hydrogens (tertiary/aromatic N) is 2. The third-order valence-electron chi connectivity index (χ3n) is 1.96. The fourth-order valence-corrected chi connectivity index (χ4v) is 1.37. The molecule has 1 fully saturated rings. The molecular weight excluding hydrogens is 142 g/mol. The largest absolute Gasteiger partial charge is 0.463 e. The van der Waals surface area contributed by atoms with Gasteiger partial charge in [-0.05, 0) is 0 Å². The molecule has 0 bridgehead atoms. The highest BCUT2D eigenvalue weighted by Gasteiger charge is 2.17. The summed E-state index contributed by atoms with van der Waals surface area (Å²) in [6, 6.07) is 0.853. The number of hydrogen-bond donors (Lipinski definition) is 1. The van der Waals surface area contributed by atoms with E-state index in [0.717, 1.165) is 45.4 Å². The molecule has 0 aromatic rings. The minimum Gasteiger partial charge on any atom is -0.463 e. The molecule has 4 nitrogen and oxygen atoms in total. The van der Waals surface area contributed by atoms with Crippen molar-refractivity contribution in [3.8, 4) is 0 Å². The van der Waals surface area contributed by atoms with Crippen LogP contribution in [-0.2, 0) is 4.74 Å². The molecule has 0 aromatic carbocycles. The Bertz CT molecular complexity index is 163. The molecule has 2 aliphatic heterocycles. The molecule has 0 amide bonds. The van der Waals surface area contributed by atoms with Gasteiger partial charge in [-0.15, -0.1) is 0 Å². The van der Waals surface area contributed by atoms with Crippen LogP contribution in [0.1, 0.15) is 0 Å². The lowest BCUT2D eigenvalue weighted by atomic mass is 10.4. The number of ether oxygens (including phenoxy) is 1. The van der Waals surface area contributed by atoms with Crippen molar-refractivity contribution in [3.05, 3.63) is 0 Å². The van der Waals surface area contributed by atoms with Gasteiger partial charge < -0.3 is 15.0 Å². The number of aliphatic imine (C=N–C) groups is 1. The summed E-state index contributed by atoms with van der Waals surface area (Å²) in [7, 11) is 0. The summed E-state index contributed by atoms with van der Waals surface area (Å²) in [5.41, 5.74) is 0. The summed E-state index contributed by atoms with van der Waals surface area (Å²) in [5, 5.41) is 3.29. The first-order valence-corrected chi connectivity index (χ1v) is 4.10. The molecule has 0 spiro atoms. The van der Waals surface area contributed by atoms with E-state index in [0.29, 0.717) is 0 Å². The van der Waals surface area contributed by atoms with E-state index in [4.69, 9.17) is 4.74 Å². The monoisotopic (exact) mass is 155 g/mol. The molecule has 1 N–H and O–H groups in total. The molecule has 2 aliphatic rings. The Morgan fingerprint density at radius 3 is 2.82 bits per heavy atom. The van der Waals surface area contributed by atoms with Crippen molar-refractivity contribution in [2.24, 2.45) is 4.99 Å². The summed E-state index contributed by atoms with van der Waals surface area (Å²) in [5.74, 6) is 0. The van der Waals surface area contributed by atoms with Gasteiger partial charge in [-0.2, -0.15) is 0 Å². The Morgan fingerprint density at radius 2 is 2.18 bits per heavy atom. The lowest BCUT2D eigenvalue weighted by molar-refractivity contribution is 0.246. The fourth-order valence-electron chi connectivity index (χ4n) is 1.37. The molecule has 0 aromatic heterocycles. The third-order valence-corrected chi connectivity index (χ3v) is 1.96. The van der Waals surface area contributed by atoms with E-state index in [-0.39, 0.29) is 0 Å². The predicted octanol–water partition coefficient (Wildman–Crippen LogP) is -0.722. The molecule has 0 atom stereocenters. The van der Waals surface area contributed by atoms with Crippen molar-refractivity contribution < 1.29 is 4.74 Å². The van der Waals surface area contributed by atoms with E-state index < -0.39 is 0 Å². The van der Waals surface area contributed by atoms with Gasteiger partial charge in [0.1, 0.15) is 6.61 Å². The zero-order valence-corrected chi connectivity index (χ0v) is 6.55. The standard InChI is InChI=1S/C7H13N3O/c1-4-10(5-2-8-1)7-9-3-6-11-7/h8H,1-6H2. The molecule has 11 heavy (non-hydrogen) atoms. The molecule has 0 aliphatic carbocycles. The van der Waals surface area contributed by atoms with Crippen molar-refractivity contribution in [1.29, 1.82) is 0 Å². The van der Waals surface area contributed by atoms with E-state index in [1.165, 1.54) is 0 Å². The summed E-state index contributed by atoms with van der Waals surface area (Å²) >= 11 is 0. The van der Waals surface area contributed by atoms with Crippen LogP contribution >= 0.6 is 0 Å². The second kappa shape index (κ2) is 3.09. The summed E-state index contributed by atoms with van der Waals surface area (Å²) in [6.07, 6.45) is 0. The summed E-state index contributed by atoms with van der Waals surface area (Å²) in [4.78, 5) is 6.45. The van der Waals surface area contributed by atoms with E-state index >= 15 is 0 Å². The average Bonchev–Trinajstić information content (AvgIpc) is 2.58. The molecule has 4 heteroatoms. The minimum atomic E-state index is 0.763. The second-order valence-corrected chi connectivity index (χ2v) is 2.75. The van der Waals surface area contributed by atoms with Gasteiger partial charge in [-0.25, -0.2) is 4.99 Å². The third kappa shape index (κ3) is 1.45. The van der Waals surface area contributed by atoms with Crippen molar-refractivity contribution >= 4 is 6.02 Å². The zero-order chi connectivity index (χ0) is 7.52. The van der Waals surface area contributed by atoms with E-state index in [1.807, 2.05) is 0 Å². The maximum Gasteiger partial charge on any atom is 0.287 e. The Kier molecular flexibility index (Phi) is 1.94. The molecular formula is C7H13N3O. The van der Waals surface area contributed by atoms with Gasteiger partial charge in [0.05, 0.1) is 6.54 Å². The van der Waals surface area contributed by atoms with Crippen LogP contribution in [-0.4, -0.2) is 50.3 Å². The zero-order valence-electron chi connectivity index (χ0n) is 6.55. The molecule has 2 heterocycles. The van der Waals surface area contributed by atoms with Crippen molar-refractivity contribution in [1.82, 2.24) is 10.2 Å². The van der Waals surface area contributed by atoms with Gasteiger partial charge in [0.15, 0.2) is 0 Å². The van der Waals surface area contributed by atoms with Crippen molar-refractivity contribution in [3.63, 3.8) is 0 Å². The Labute approximate surface area is 66.2 Å². The van der Waals surface area contributed by atoms with Crippen LogP contribution in [0.15, 0.2) is 4.99 Å². The van der Waals surface area contributed by atoms with Crippen molar-refractivity contribution in [2.75, 3.05) is 39.3 Å². The van der Waals surface area contributed by atoms with Gasteiger partial charge in [0.25, 0.3) is 6.02 Å². The van der Waals surface area contributed by atoms with Crippen LogP contribution in [0, 0.1) is 0 Å². The number of rotatable bonds is 0. The Balaban J connectivity index is 1.92. The summed E-state index contributed by atoms with van der Waals surface area (Å²) in [6.45, 7) is 5.74. The van der Waals surface area contributed by atoms with Crippen LogP contribution in [0.5, 0.6) is 0 Å². The molecule has 0 unspecified atom stereocenters. The Morgan fingerprint density at radius 1 is 1.36 bits per heavy atom. The number of nitrogens with one attached hydrogen (secondary N) is 1. The van der Waals surface area contributed by atoms with Crippen LogP contribution in [0.2, 0.25) is 0 Å². The van der Waals surface area contributed by atoms with Gasteiger partial charge in [-0.1, -0.05) is 0 Å². The van der Waals surface area contributed by atoms with Crippen LogP contribution < -0.4 is 5.32 Å². The highest BCUT2D eigenvalue weighted by molar-refractivity contribution is 5.75. The van der Waals surface area contributed by atoms with Gasteiger partial charge >= 0.3 is 0 Å². The van der Waals surface area contributed by atoms with Gasteiger partial charge in [0, 0.05) is 26.2 Å². The molecule has 62 valence electrons. The highest BCUT2D eigenvalue weighted by Crippen LogP contribution is 2.01. The lowest BCUT2D eigenvalue weighted by Gasteiger charge is -2.27. The maximum atomic E-state index is 5.34. The predicted molar refractivity (Wildman–Crippen MR) is 42.7 cm³/mol. The van der Waals surface area contributed by atoms with E-state index in [2.05, 4.69) is 15.2 Å². The SMILES string of the molecule is C1COC(N2CCNCC2)=N1. The highest BCUT2D eigenvalue weighted by atomic mass is 16.5.